The molecule has 0 radical (unpaired) electrons. The summed E-state index contributed by atoms with van der Waals surface area (Å²) < 4.78 is 1.98. The first-order valence-electron chi connectivity index (χ1n) is 6.92. The van der Waals surface area contributed by atoms with Crippen molar-refractivity contribution < 1.29 is 4.79 Å². The second kappa shape index (κ2) is 7.31. The molecule has 1 unspecified atom stereocenters. The Bertz CT molecular complexity index is 365. The van der Waals surface area contributed by atoms with E-state index in [4.69, 9.17) is 5.73 Å². The van der Waals surface area contributed by atoms with Gasteiger partial charge in [0.2, 0.25) is 0 Å². The maximum Gasteiger partial charge on any atom is 0.143 e. The SMILES string of the molecule is CCC(CN)C(=O)Cc1ccn(C(CC)CC)n1. The molecule has 0 aliphatic heterocycles. The number of nitrogens with two attached hydrogens (primary N) is 1. The van der Waals surface area contributed by atoms with Crippen molar-refractivity contribution in [1.82, 2.24) is 9.78 Å². The van der Waals surface area contributed by atoms with Crippen LogP contribution in [0.3, 0.4) is 0 Å². The summed E-state index contributed by atoms with van der Waals surface area (Å²) in [5.41, 5.74) is 6.45. The second-order valence-corrected chi connectivity index (χ2v) is 4.74. The summed E-state index contributed by atoms with van der Waals surface area (Å²) in [4.78, 5) is 12.0. The van der Waals surface area contributed by atoms with E-state index in [-0.39, 0.29) is 11.7 Å². The maximum absolute atomic E-state index is 12.0. The summed E-state index contributed by atoms with van der Waals surface area (Å²) >= 11 is 0. The minimum atomic E-state index is -0.0247. The largest absolute Gasteiger partial charge is 0.330 e. The Morgan fingerprint density at radius 2 is 2.00 bits per heavy atom. The molecule has 102 valence electrons. The van der Waals surface area contributed by atoms with Gasteiger partial charge in [0.25, 0.3) is 0 Å². The predicted molar refractivity (Wildman–Crippen MR) is 73.4 cm³/mol. The van der Waals surface area contributed by atoms with Gasteiger partial charge in [-0.1, -0.05) is 20.8 Å². The molecule has 0 spiro atoms. The van der Waals surface area contributed by atoms with Crippen molar-refractivity contribution in [2.24, 2.45) is 11.7 Å². The molecule has 0 aromatic carbocycles. The third-order valence-electron chi connectivity index (χ3n) is 3.57. The zero-order valence-corrected chi connectivity index (χ0v) is 11.7. The van der Waals surface area contributed by atoms with E-state index >= 15 is 0 Å². The van der Waals surface area contributed by atoms with E-state index in [9.17, 15) is 4.79 Å². The molecule has 1 aromatic rings. The Hall–Kier alpha value is -1.16. The first-order valence-corrected chi connectivity index (χ1v) is 6.92. The van der Waals surface area contributed by atoms with E-state index in [0.717, 1.165) is 25.0 Å². The van der Waals surface area contributed by atoms with Crippen molar-refractivity contribution in [1.29, 1.82) is 0 Å². The summed E-state index contributed by atoms with van der Waals surface area (Å²) in [6, 6.07) is 2.38. The average molecular weight is 251 g/mol. The molecule has 0 aliphatic rings. The lowest BCUT2D eigenvalue weighted by Crippen LogP contribution is -2.24. The van der Waals surface area contributed by atoms with Crippen molar-refractivity contribution in [2.45, 2.75) is 52.5 Å². The zero-order chi connectivity index (χ0) is 13.5. The van der Waals surface area contributed by atoms with Gasteiger partial charge in [0.1, 0.15) is 5.78 Å². The lowest BCUT2D eigenvalue weighted by molar-refractivity contribution is -0.122. The van der Waals surface area contributed by atoms with Crippen LogP contribution in [0.4, 0.5) is 0 Å². The van der Waals surface area contributed by atoms with Gasteiger partial charge < -0.3 is 5.73 Å². The van der Waals surface area contributed by atoms with Crippen LogP contribution in [0.5, 0.6) is 0 Å². The molecule has 4 heteroatoms. The topological polar surface area (TPSA) is 60.9 Å². The molecule has 0 saturated carbocycles. The number of nitrogens with zero attached hydrogens (tertiary/aromatic N) is 2. The van der Waals surface area contributed by atoms with Crippen molar-refractivity contribution in [3.8, 4) is 0 Å². The molecule has 1 atom stereocenters. The Labute approximate surface area is 110 Å². The van der Waals surface area contributed by atoms with E-state index < -0.39 is 0 Å². The van der Waals surface area contributed by atoms with Crippen LogP contribution in [-0.4, -0.2) is 22.1 Å². The summed E-state index contributed by atoms with van der Waals surface area (Å²) in [5, 5.41) is 4.50. The van der Waals surface area contributed by atoms with Gasteiger partial charge in [-0.05, 0) is 25.3 Å². The molecule has 0 saturated heterocycles. The molecule has 1 aromatic heterocycles. The van der Waals surface area contributed by atoms with Crippen LogP contribution in [0.25, 0.3) is 0 Å². The van der Waals surface area contributed by atoms with Crippen LogP contribution in [0.1, 0.15) is 51.8 Å². The van der Waals surface area contributed by atoms with Gasteiger partial charge in [-0.25, -0.2) is 0 Å². The number of hydrogen-bond donors (Lipinski definition) is 1. The molecular formula is C14H25N3O. The molecule has 0 amide bonds. The monoisotopic (exact) mass is 251 g/mol. The number of carbonyl (C=O) groups excluding carboxylic acids is 1. The van der Waals surface area contributed by atoms with Gasteiger partial charge in [0.05, 0.1) is 18.2 Å². The predicted octanol–water partition coefficient (Wildman–Crippen LogP) is 2.34. The zero-order valence-electron chi connectivity index (χ0n) is 11.7. The van der Waals surface area contributed by atoms with Crippen LogP contribution < -0.4 is 5.73 Å². The summed E-state index contributed by atoms with van der Waals surface area (Å²) in [7, 11) is 0. The van der Waals surface area contributed by atoms with Gasteiger partial charge in [0.15, 0.2) is 0 Å². The lowest BCUT2D eigenvalue weighted by Gasteiger charge is -2.12. The van der Waals surface area contributed by atoms with Crippen molar-refractivity contribution in [3.05, 3.63) is 18.0 Å². The summed E-state index contributed by atoms with van der Waals surface area (Å²) in [6.45, 7) is 6.74. The smallest absolute Gasteiger partial charge is 0.143 e. The summed E-state index contributed by atoms with van der Waals surface area (Å²) in [6.07, 6.45) is 5.31. The van der Waals surface area contributed by atoms with Crippen LogP contribution in [0.2, 0.25) is 0 Å². The Morgan fingerprint density at radius 1 is 1.33 bits per heavy atom. The fraction of sp³-hybridized carbons (Fsp3) is 0.714. The number of rotatable bonds is 8. The van der Waals surface area contributed by atoms with E-state index in [1.165, 1.54) is 0 Å². The second-order valence-electron chi connectivity index (χ2n) is 4.74. The highest BCUT2D eigenvalue weighted by atomic mass is 16.1. The standard InChI is InChI=1S/C14H25N3O/c1-4-11(10-15)14(18)9-12-7-8-17(16-12)13(5-2)6-3/h7-8,11,13H,4-6,9-10,15H2,1-3H3. The molecule has 0 fully saturated rings. The first kappa shape index (κ1) is 14.9. The van der Waals surface area contributed by atoms with E-state index in [1.54, 1.807) is 0 Å². The molecule has 18 heavy (non-hydrogen) atoms. The highest BCUT2D eigenvalue weighted by Crippen LogP contribution is 2.15. The van der Waals surface area contributed by atoms with E-state index in [1.807, 2.05) is 23.9 Å². The molecule has 4 nitrogen and oxygen atoms in total. The molecule has 0 bridgehead atoms. The highest BCUT2D eigenvalue weighted by Gasteiger charge is 2.16. The number of ketones is 1. The Morgan fingerprint density at radius 3 is 2.50 bits per heavy atom. The number of Topliss-reactive ketones (excluding diaryl/α,β-unsaturated/α-hetero) is 1. The Balaban J connectivity index is 2.66. The van der Waals surface area contributed by atoms with Crippen LogP contribution in [-0.2, 0) is 11.2 Å². The third-order valence-corrected chi connectivity index (χ3v) is 3.57. The van der Waals surface area contributed by atoms with Gasteiger partial charge in [-0.2, -0.15) is 5.10 Å². The average Bonchev–Trinajstić information content (AvgIpc) is 2.81. The number of carbonyl (C=O) groups is 1. The number of hydrogen-bond acceptors (Lipinski definition) is 3. The number of aromatic nitrogens is 2. The fourth-order valence-corrected chi connectivity index (χ4v) is 2.19. The third kappa shape index (κ3) is 3.67. The molecule has 1 rings (SSSR count). The minimum Gasteiger partial charge on any atom is -0.330 e. The van der Waals surface area contributed by atoms with Gasteiger partial charge in [-0.3, -0.25) is 9.48 Å². The van der Waals surface area contributed by atoms with Crippen molar-refractivity contribution in [3.63, 3.8) is 0 Å². The fourth-order valence-electron chi connectivity index (χ4n) is 2.19. The molecule has 1 heterocycles. The summed E-state index contributed by atoms with van der Waals surface area (Å²) in [5.74, 6) is 0.179. The molecule has 2 N–H and O–H groups in total. The quantitative estimate of drug-likeness (QED) is 0.771. The van der Waals surface area contributed by atoms with E-state index in [2.05, 4.69) is 18.9 Å². The maximum atomic E-state index is 12.0. The van der Waals surface area contributed by atoms with Crippen molar-refractivity contribution >= 4 is 5.78 Å². The molecular weight excluding hydrogens is 226 g/mol. The normalized spacial score (nSPS) is 12.9. The first-order chi connectivity index (χ1) is 8.65. The van der Waals surface area contributed by atoms with Crippen LogP contribution in [0, 0.1) is 5.92 Å². The lowest BCUT2D eigenvalue weighted by atomic mass is 9.98. The van der Waals surface area contributed by atoms with Gasteiger partial charge in [-0.15, -0.1) is 0 Å². The van der Waals surface area contributed by atoms with Crippen LogP contribution >= 0.6 is 0 Å². The Kier molecular flexibility index (Phi) is 6.05. The highest BCUT2D eigenvalue weighted by molar-refractivity contribution is 5.83. The minimum absolute atomic E-state index is 0.0247. The van der Waals surface area contributed by atoms with Crippen molar-refractivity contribution in [2.75, 3.05) is 6.54 Å². The molecule has 0 aliphatic carbocycles. The van der Waals surface area contributed by atoms with Gasteiger partial charge >= 0.3 is 0 Å². The van der Waals surface area contributed by atoms with Gasteiger partial charge in [0, 0.05) is 18.7 Å². The van der Waals surface area contributed by atoms with E-state index in [0.29, 0.717) is 19.0 Å². The van der Waals surface area contributed by atoms with Crippen LogP contribution in [0.15, 0.2) is 12.3 Å².